The summed E-state index contributed by atoms with van der Waals surface area (Å²) >= 11 is 10.7. The van der Waals surface area contributed by atoms with Crippen LogP contribution in [-0.4, -0.2) is 12.3 Å². The fraction of sp³-hybridized carbons (Fsp3) is 0.250. The van der Waals surface area contributed by atoms with Gasteiger partial charge in [0.25, 0.3) is 0 Å². The summed E-state index contributed by atoms with van der Waals surface area (Å²) in [7, 11) is 0. The number of halogens is 7. The molecule has 0 fully saturated rings. The largest absolute Gasteiger partial charge is 0.499 e. The van der Waals surface area contributed by atoms with Crippen LogP contribution < -0.4 is 4.74 Å². The summed E-state index contributed by atoms with van der Waals surface area (Å²) in [5.74, 6) is -0.940. The predicted octanol–water partition coefficient (Wildman–Crippen LogP) is 4.33. The van der Waals surface area contributed by atoms with Crippen LogP contribution in [0, 0.1) is 6.07 Å². The quantitative estimate of drug-likeness (QED) is 0.733. The van der Waals surface area contributed by atoms with Crippen LogP contribution in [0.4, 0.5) is 22.0 Å². The van der Waals surface area contributed by atoms with Crippen molar-refractivity contribution < 1.29 is 26.7 Å². The topological polar surface area (TPSA) is 9.23 Å². The van der Waals surface area contributed by atoms with E-state index >= 15 is 0 Å². The normalized spacial score (nSPS) is 12.7. The summed E-state index contributed by atoms with van der Waals surface area (Å²) in [6.45, 7) is 0. The maximum absolute atomic E-state index is 12.5. The summed E-state index contributed by atoms with van der Waals surface area (Å²) in [6, 6.07) is 4.23. The Morgan fingerprint density at radius 3 is 1.81 bits per heavy atom. The van der Waals surface area contributed by atoms with Crippen molar-refractivity contribution in [1.29, 1.82) is 0 Å². The molecule has 0 atom stereocenters. The first-order valence-corrected chi connectivity index (χ1v) is 4.39. The van der Waals surface area contributed by atoms with Gasteiger partial charge in [-0.25, -0.2) is 0 Å². The number of hydrogen-bond acceptors (Lipinski definition) is 1. The van der Waals surface area contributed by atoms with Crippen molar-refractivity contribution in [3.63, 3.8) is 0 Å². The zero-order chi connectivity index (χ0) is 12.6. The van der Waals surface area contributed by atoms with E-state index in [1.807, 2.05) is 0 Å². The Morgan fingerprint density at radius 2 is 1.44 bits per heavy atom. The van der Waals surface area contributed by atoms with Crippen LogP contribution in [0.2, 0.25) is 10.0 Å². The highest BCUT2D eigenvalue weighted by Crippen LogP contribution is 2.41. The maximum atomic E-state index is 12.5. The lowest BCUT2D eigenvalue weighted by molar-refractivity contribution is -0.360. The Bertz CT molecular complexity index is 370. The molecule has 1 aromatic carbocycles. The second kappa shape index (κ2) is 4.25. The fourth-order valence-electron chi connectivity index (χ4n) is 0.717. The molecule has 0 aliphatic heterocycles. The fourth-order valence-corrected chi connectivity index (χ4v) is 1.17. The van der Waals surface area contributed by atoms with Crippen LogP contribution in [0.5, 0.6) is 5.75 Å². The van der Waals surface area contributed by atoms with E-state index in [2.05, 4.69) is 10.8 Å². The van der Waals surface area contributed by atoms with E-state index in [9.17, 15) is 22.0 Å². The van der Waals surface area contributed by atoms with Crippen LogP contribution in [0.1, 0.15) is 0 Å². The summed E-state index contributed by atoms with van der Waals surface area (Å²) in [6.07, 6.45) is -11.2. The van der Waals surface area contributed by atoms with Gasteiger partial charge in [0.05, 0.1) is 10.0 Å². The highest BCUT2D eigenvalue weighted by molar-refractivity contribution is 6.37. The Kier molecular flexibility index (Phi) is 3.54. The third-order valence-corrected chi connectivity index (χ3v) is 1.98. The second-order valence-corrected chi connectivity index (χ2v) is 3.41. The van der Waals surface area contributed by atoms with Crippen molar-refractivity contribution in [2.24, 2.45) is 0 Å². The Balaban J connectivity index is 3.06. The average Bonchev–Trinajstić information content (AvgIpc) is 2.10. The van der Waals surface area contributed by atoms with Crippen molar-refractivity contribution in [2.45, 2.75) is 12.3 Å². The molecule has 0 bridgehead atoms. The zero-order valence-corrected chi connectivity index (χ0v) is 8.72. The SMILES string of the molecule is FC(F)(F)C(F)(F)Oc1c(Cl)c[c]cc1Cl. The van der Waals surface area contributed by atoms with Gasteiger partial charge in [0, 0.05) is 0 Å². The summed E-state index contributed by atoms with van der Waals surface area (Å²) in [5, 5.41) is -0.979. The molecular formula is C8H2Cl2F5O. The molecule has 0 amide bonds. The van der Waals surface area contributed by atoms with Crippen LogP contribution in [-0.2, 0) is 0 Å². The van der Waals surface area contributed by atoms with Gasteiger partial charge < -0.3 is 4.74 Å². The number of alkyl halides is 5. The minimum Gasteiger partial charge on any atom is -0.423 e. The molecule has 1 radical (unpaired) electrons. The average molecular weight is 280 g/mol. The number of ether oxygens (including phenoxy) is 1. The van der Waals surface area contributed by atoms with Gasteiger partial charge in [-0.1, -0.05) is 23.2 Å². The number of hydrogen-bond donors (Lipinski definition) is 0. The molecule has 1 nitrogen and oxygen atoms in total. The first-order valence-electron chi connectivity index (χ1n) is 3.64. The lowest BCUT2D eigenvalue weighted by Crippen LogP contribution is -2.42. The van der Waals surface area contributed by atoms with Gasteiger partial charge in [-0.15, -0.1) is 0 Å². The van der Waals surface area contributed by atoms with Gasteiger partial charge in [0.2, 0.25) is 0 Å². The molecule has 89 valence electrons. The molecule has 0 saturated heterocycles. The molecule has 0 saturated carbocycles. The van der Waals surface area contributed by atoms with Gasteiger partial charge in [-0.3, -0.25) is 0 Å². The molecule has 1 aromatic rings. The number of benzene rings is 1. The molecule has 16 heavy (non-hydrogen) atoms. The van der Waals surface area contributed by atoms with Gasteiger partial charge >= 0.3 is 12.3 Å². The van der Waals surface area contributed by atoms with Crippen molar-refractivity contribution in [1.82, 2.24) is 0 Å². The summed E-state index contributed by atoms with van der Waals surface area (Å²) in [5.41, 5.74) is 0. The van der Waals surface area contributed by atoms with Crippen molar-refractivity contribution >= 4 is 23.2 Å². The van der Waals surface area contributed by atoms with Crippen LogP contribution >= 0.6 is 23.2 Å². The van der Waals surface area contributed by atoms with Crippen molar-refractivity contribution in [3.05, 3.63) is 28.2 Å². The first-order chi connectivity index (χ1) is 7.15. The van der Waals surface area contributed by atoms with E-state index in [0.717, 1.165) is 12.1 Å². The van der Waals surface area contributed by atoms with E-state index in [1.165, 1.54) is 0 Å². The molecule has 8 heteroatoms. The lowest BCUT2D eigenvalue weighted by atomic mass is 10.3. The Labute approximate surface area is 96.7 Å². The predicted molar refractivity (Wildman–Crippen MR) is 46.9 cm³/mol. The van der Waals surface area contributed by atoms with Crippen LogP contribution in [0.15, 0.2) is 12.1 Å². The van der Waals surface area contributed by atoms with Gasteiger partial charge in [0.1, 0.15) is 0 Å². The molecule has 0 unspecified atom stereocenters. The van der Waals surface area contributed by atoms with E-state index in [4.69, 9.17) is 23.2 Å². The third kappa shape index (κ3) is 2.68. The maximum Gasteiger partial charge on any atom is 0.499 e. The molecule has 1 rings (SSSR count). The number of rotatable bonds is 2. The van der Waals surface area contributed by atoms with Gasteiger partial charge in [-0.2, -0.15) is 22.0 Å². The molecule has 0 heterocycles. The zero-order valence-electron chi connectivity index (χ0n) is 7.21. The van der Waals surface area contributed by atoms with E-state index in [-0.39, 0.29) is 0 Å². The molecule has 0 aliphatic rings. The minimum absolute atomic E-state index is 0.489. The molecular weight excluding hydrogens is 278 g/mol. The second-order valence-electron chi connectivity index (χ2n) is 2.60. The molecule has 0 N–H and O–H groups in total. The first kappa shape index (κ1) is 13.3. The molecule has 0 spiro atoms. The van der Waals surface area contributed by atoms with E-state index < -0.39 is 28.1 Å². The summed E-state index contributed by atoms with van der Waals surface area (Å²) in [4.78, 5) is 0. The standard InChI is InChI=1S/C8H2Cl2F5O/c9-4-2-1-3-5(10)6(4)16-8(14,15)7(11,12)13/h2-3H. The van der Waals surface area contributed by atoms with E-state index in [0.29, 0.717) is 0 Å². The molecule has 0 aliphatic carbocycles. The molecule has 0 aromatic heterocycles. The van der Waals surface area contributed by atoms with E-state index in [1.54, 1.807) is 0 Å². The minimum atomic E-state index is -5.85. The van der Waals surface area contributed by atoms with Crippen molar-refractivity contribution in [3.8, 4) is 5.75 Å². The Morgan fingerprint density at radius 1 is 1.00 bits per heavy atom. The smallest absolute Gasteiger partial charge is 0.423 e. The third-order valence-electron chi connectivity index (χ3n) is 1.41. The Hall–Kier alpha value is -0.750. The highest BCUT2D eigenvalue weighted by Gasteiger charge is 2.61. The van der Waals surface area contributed by atoms with Crippen LogP contribution in [0.3, 0.4) is 0 Å². The van der Waals surface area contributed by atoms with Crippen LogP contribution in [0.25, 0.3) is 0 Å². The lowest BCUT2D eigenvalue weighted by Gasteiger charge is -2.21. The monoisotopic (exact) mass is 279 g/mol. The van der Waals surface area contributed by atoms with Crippen molar-refractivity contribution in [2.75, 3.05) is 0 Å². The van der Waals surface area contributed by atoms with Gasteiger partial charge in [0.15, 0.2) is 5.75 Å². The highest BCUT2D eigenvalue weighted by atomic mass is 35.5. The summed E-state index contributed by atoms with van der Waals surface area (Å²) < 4.78 is 63.9. The van der Waals surface area contributed by atoms with Gasteiger partial charge in [-0.05, 0) is 18.2 Å².